The predicted octanol–water partition coefficient (Wildman–Crippen LogP) is 4.84. The number of halogens is 2. The summed E-state index contributed by atoms with van der Waals surface area (Å²) in [5.41, 5.74) is 3.00. The van der Waals surface area contributed by atoms with Gasteiger partial charge in [-0.2, -0.15) is 10.4 Å². The van der Waals surface area contributed by atoms with Gasteiger partial charge in [0.05, 0.1) is 23.5 Å². The maximum Gasteiger partial charge on any atom is 0.266 e. The molecule has 1 N–H and O–H groups in total. The number of aromatic nitrogens is 2. The van der Waals surface area contributed by atoms with Crippen LogP contribution >= 0.6 is 11.6 Å². The summed E-state index contributed by atoms with van der Waals surface area (Å²) in [4.78, 5) is 12.6. The van der Waals surface area contributed by atoms with Crippen LogP contribution in [0.3, 0.4) is 0 Å². The fourth-order valence-corrected chi connectivity index (χ4v) is 3.19. The number of hydrogen-bond donors (Lipinski definition) is 1. The molecule has 0 unspecified atom stereocenters. The van der Waals surface area contributed by atoms with Gasteiger partial charge in [0.25, 0.3) is 5.91 Å². The number of benzene rings is 2. The molecule has 0 atom stereocenters. The first kappa shape index (κ1) is 21.1. The van der Waals surface area contributed by atoms with E-state index in [2.05, 4.69) is 10.4 Å². The molecule has 0 saturated carbocycles. The van der Waals surface area contributed by atoms with Crippen LogP contribution in [0.1, 0.15) is 17.0 Å². The van der Waals surface area contributed by atoms with Crippen LogP contribution < -0.4 is 10.1 Å². The Bertz CT molecular complexity index is 1180. The fraction of sp³-hybridized carbons (Fsp3) is 0.136. The third-order valence-electron chi connectivity index (χ3n) is 4.48. The molecule has 0 spiro atoms. The van der Waals surface area contributed by atoms with Gasteiger partial charge in [0, 0.05) is 16.9 Å². The lowest BCUT2D eigenvalue weighted by Gasteiger charge is -2.08. The van der Waals surface area contributed by atoms with E-state index in [1.54, 1.807) is 35.9 Å². The minimum Gasteiger partial charge on any atom is -0.495 e. The molecule has 0 radical (unpaired) electrons. The van der Waals surface area contributed by atoms with E-state index in [0.717, 1.165) is 0 Å². The van der Waals surface area contributed by atoms with Crippen LogP contribution in [0.5, 0.6) is 5.75 Å². The maximum absolute atomic E-state index is 13.2. The van der Waals surface area contributed by atoms with E-state index in [4.69, 9.17) is 16.3 Å². The van der Waals surface area contributed by atoms with Crippen LogP contribution in [0.2, 0.25) is 5.02 Å². The Labute approximate surface area is 178 Å². The third-order valence-corrected chi connectivity index (χ3v) is 4.78. The van der Waals surface area contributed by atoms with Gasteiger partial charge >= 0.3 is 0 Å². The molecule has 3 aromatic rings. The molecular formula is C22H18ClFN4O2. The molecule has 0 bridgehead atoms. The summed E-state index contributed by atoms with van der Waals surface area (Å²) in [5.74, 6) is -0.445. The average Bonchev–Trinajstić information content (AvgIpc) is 3.00. The highest BCUT2D eigenvalue weighted by Gasteiger charge is 2.16. The van der Waals surface area contributed by atoms with E-state index >= 15 is 0 Å². The Morgan fingerprint density at radius 2 is 1.97 bits per heavy atom. The summed E-state index contributed by atoms with van der Waals surface area (Å²) in [5, 5.41) is 17.0. The molecule has 2 aromatic carbocycles. The van der Waals surface area contributed by atoms with Crippen molar-refractivity contribution in [2.75, 3.05) is 12.4 Å². The first-order valence-electron chi connectivity index (χ1n) is 8.93. The number of nitrogens with zero attached hydrogens (tertiary/aromatic N) is 3. The number of nitriles is 1. The second-order valence-electron chi connectivity index (χ2n) is 6.45. The number of methoxy groups -OCH3 is 1. The third kappa shape index (κ3) is 4.34. The highest BCUT2D eigenvalue weighted by atomic mass is 35.5. The van der Waals surface area contributed by atoms with Crippen molar-refractivity contribution in [1.29, 1.82) is 5.26 Å². The number of ether oxygens (including phenoxy) is 1. The Hall–Kier alpha value is -3.63. The van der Waals surface area contributed by atoms with Crippen molar-refractivity contribution in [3.8, 4) is 17.5 Å². The van der Waals surface area contributed by atoms with Gasteiger partial charge in [0.15, 0.2) is 0 Å². The number of carbonyl (C=O) groups is 1. The van der Waals surface area contributed by atoms with Crippen LogP contribution in [-0.4, -0.2) is 22.8 Å². The van der Waals surface area contributed by atoms with Crippen LogP contribution in [0.4, 0.5) is 10.1 Å². The SMILES string of the molecule is COc1ccc(NC(=O)/C(C#N)=C/c2c(C)nn(-c3ccc(F)cc3)c2C)cc1Cl. The van der Waals surface area contributed by atoms with Crippen molar-refractivity contribution in [3.63, 3.8) is 0 Å². The smallest absolute Gasteiger partial charge is 0.266 e. The maximum atomic E-state index is 13.2. The second-order valence-corrected chi connectivity index (χ2v) is 6.85. The number of nitrogens with one attached hydrogen (secondary N) is 1. The van der Waals surface area contributed by atoms with Gasteiger partial charge in [-0.25, -0.2) is 9.07 Å². The number of aryl methyl sites for hydroxylation is 1. The van der Waals surface area contributed by atoms with Crippen LogP contribution in [0.15, 0.2) is 48.0 Å². The molecule has 0 saturated heterocycles. The molecule has 1 amide bonds. The molecule has 8 heteroatoms. The molecule has 6 nitrogen and oxygen atoms in total. The molecule has 0 fully saturated rings. The zero-order valence-corrected chi connectivity index (χ0v) is 17.3. The van der Waals surface area contributed by atoms with Crippen molar-refractivity contribution < 1.29 is 13.9 Å². The van der Waals surface area contributed by atoms with E-state index in [9.17, 15) is 14.4 Å². The molecule has 152 valence electrons. The Balaban J connectivity index is 1.90. The lowest BCUT2D eigenvalue weighted by Crippen LogP contribution is -2.13. The molecule has 0 aliphatic carbocycles. The number of carbonyl (C=O) groups excluding carboxylic acids is 1. The summed E-state index contributed by atoms with van der Waals surface area (Å²) in [6.45, 7) is 3.58. The fourth-order valence-electron chi connectivity index (χ4n) is 2.93. The summed E-state index contributed by atoms with van der Waals surface area (Å²) in [6, 6.07) is 12.6. The monoisotopic (exact) mass is 424 g/mol. The van der Waals surface area contributed by atoms with E-state index in [0.29, 0.717) is 39.1 Å². The number of anilines is 1. The minimum atomic E-state index is -0.577. The van der Waals surface area contributed by atoms with Gasteiger partial charge in [-0.05, 0) is 62.4 Å². The minimum absolute atomic E-state index is 0.0909. The van der Waals surface area contributed by atoms with Crippen LogP contribution in [-0.2, 0) is 4.79 Å². The van der Waals surface area contributed by atoms with Gasteiger partial charge in [-0.15, -0.1) is 0 Å². The lowest BCUT2D eigenvalue weighted by molar-refractivity contribution is -0.112. The molecule has 1 heterocycles. The van der Waals surface area contributed by atoms with Gasteiger partial charge in [0.2, 0.25) is 0 Å². The van der Waals surface area contributed by atoms with E-state index in [1.807, 2.05) is 13.0 Å². The molecular weight excluding hydrogens is 407 g/mol. The quantitative estimate of drug-likeness (QED) is 0.469. The van der Waals surface area contributed by atoms with Gasteiger partial charge in [-0.1, -0.05) is 11.6 Å². The van der Waals surface area contributed by atoms with E-state index < -0.39 is 5.91 Å². The van der Waals surface area contributed by atoms with Gasteiger partial charge < -0.3 is 10.1 Å². The topological polar surface area (TPSA) is 79.9 Å². The van der Waals surface area contributed by atoms with Gasteiger partial charge in [-0.3, -0.25) is 4.79 Å². The highest BCUT2D eigenvalue weighted by Crippen LogP contribution is 2.27. The lowest BCUT2D eigenvalue weighted by atomic mass is 10.1. The van der Waals surface area contributed by atoms with Crippen molar-refractivity contribution in [2.45, 2.75) is 13.8 Å². The first-order valence-corrected chi connectivity index (χ1v) is 9.30. The molecule has 30 heavy (non-hydrogen) atoms. The normalized spacial score (nSPS) is 11.1. The second kappa shape index (κ2) is 8.80. The van der Waals surface area contributed by atoms with Crippen molar-refractivity contribution in [1.82, 2.24) is 9.78 Å². The molecule has 0 aliphatic rings. The number of hydrogen-bond acceptors (Lipinski definition) is 4. The van der Waals surface area contributed by atoms with Gasteiger partial charge in [0.1, 0.15) is 23.2 Å². The number of amides is 1. The van der Waals surface area contributed by atoms with Crippen LogP contribution in [0, 0.1) is 31.0 Å². The zero-order chi connectivity index (χ0) is 21.8. The van der Waals surface area contributed by atoms with E-state index in [1.165, 1.54) is 31.4 Å². The van der Waals surface area contributed by atoms with E-state index in [-0.39, 0.29) is 11.4 Å². The average molecular weight is 425 g/mol. The Kier molecular flexibility index (Phi) is 6.19. The summed E-state index contributed by atoms with van der Waals surface area (Å²) < 4.78 is 19.9. The summed E-state index contributed by atoms with van der Waals surface area (Å²) >= 11 is 6.08. The largest absolute Gasteiger partial charge is 0.495 e. The standard InChI is InChI=1S/C22H18ClFN4O2/c1-13-19(14(2)28(27-13)18-7-4-16(24)5-8-18)10-15(12-25)22(29)26-17-6-9-21(30-3)20(23)11-17/h4-11H,1-3H3,(H,26,29)/b15-10+. The van der Waals surface area contributed by atoms with Crippen LogP contribution in [0.25, 0.3) is 11.8 Å². The Morgan fingerprint density at radius 3 is 2.57 bits per heavy atom. The van der Waals surface area contributed by atoms with Crippen molar-refractivity contribution in [2.24, 2.45) is 0 Å². The predicted molar refractivity (Wildman–Crippen MR) is 113 cm³/mol. The molecule has 3 rings (SSSR count). The number of rotatable bonds is 5. The summed E-state index contributed by atoms with van der Waals surface area (Å²) in [7, 11) is 1.49. The zero-order valence-electron chi connectivity index (χ0n) is 16.5. The highest BCUT2D eigenvalue weighted by molar-refractivity contribution is 6.32. The first-order chi connectivity index (χ1) is 14.3. The summed E-state index contributed by atoms with van der Waals surface area (Å²) in [6.07, 6.45) is 1.48. The molecule has 0 aliphatic heterocycles. The van der Waals surface area contributed by atoms with Crippen molar-refractivity contribution >= 4 is 29.3 Å². The Morgan fingerprint density at radius 1 is 1.27 bits per heavy atom. The molecule has 1 aromatic heterocycles. The van der Waals surface area contributed by atoms with Crippen molar-refractivity contribution in [3.05, 3.63) is 75.8 Å².